The summed E-state index contributed by atoms with van der Waals surface area (Å²) in [6.45, 7) is 7.33. The second kappa shape index (κ2) is 6.61. The molecule has 1 aromatic rings. The molecule has 25 heavy (non-hydrogen) atoms. The lowest BCUT2D eigenvalue weighted by atomic mass is 10.0. The second-order valence-corrected chi connectivity index (χ2v) is 9.86. The number of alkyl carbamates (subject to hydrolysis) is 1. The highest BCUT2D eigenvalue weighted by molar-refractivity contribution is 7.91. The van der Waals surface area contributed by atoms with Crippen LogP contribution < -0.4 is 11.1 Å². The van der Waals surface area contributed by atoms with Crippen LogP contribution in [-0.2, 0) is 21.0 Å². The summed E-state index contributed by atoms with van der Waals surface area (Å²) in [5, 5.41) is 1.98. The molecule has 3 atom stereocenters. The van der Waals surface area contributed by atoms with E-state index in [4.69, 9.17) is 10.5 Å². The van der Waals surface area contributed by atoms with Crippen LogP contribution in [0.4, 0.5) is 4.79 Å². The topological polar surface area (TPSA) is 98.5 Å². The number of rotatable bonds is 5. The lowest BCUT2D eigenvalue weighted by Gasteiger charge is -2.24. The lowest BCUT2D eigenvalue weighted by Crippen LogP contribution is -2.48. The van der Waals surface area contributed by atoms with Crippen LogP contribution in [0.2, 0.25) is 0 Å². The van der Waals surface area contributed by atoms with Gasteiger partial charge in [0.05, 0.1) is 10.8 Å². The molecule has 140 valence electrons. The number of ether oxygens (including phenoxy) is 1. The molecule has 1 aromatic carbocycles. The first-order valence-electron chi connectivity index (χ1n) is 8.43. The molecule has 1 saturated carbocycles. The Balaban J connectivity index is 2.34. The highest BCUT2D eigenvalue weighted by Gasteiger charge is 2.70. The van der Waals surface area contributed by atoms with Gasteiger partial charge in [0.2, 0.25) is 0 Å². The van der Waals surface area contributed by atoms with Crippen molar-refractivity contribution in [2.45, 2.75) is 56.4 Å². The minimum Gasteiger partial charge on any atom is -0.444 e. The van der Waals surface area contributed by atoms with E-state index in [9.17, 15) is 13.2 Å². The molecule has 1 fully saturated rings. The highest BCUT2D eigenvalue weighted by Crippen LogP contribution is 2.55. The third-order valence-corrected chi connectivity index (χ3v) is 6.15. The third kappa shape index (κ3) is 4.15. The van der Waals surface area contributed by atoms with E-state index in [1.807, 2.05) is 24.3 Å². The number of hydrogen-bond donors (Lipinski definition) is 2. The largest absolute Gasteiger partial charge is 0.444 e. The van der Waals surface area contributed by atoms with Crippen LogP contribution >= 0.6 is 0 Å². The molecule has 0 aliphatic heterocycles. The monoisotopic (exact) mass is 368 g/mol. The molecule has 0 aromatic heterocycles. The van der Waals surface area contributed by atoms with E-state index in [0.717, 1.165) is 12.0 Å². The van der Waals surface area contributed by atoms with Gasteiger partial charge in [-0.1, -0.05) is 31.2 Å². The maximum Gasteiger partial charge on any atom is 0.408 e. The number of sulfone groups is 1. The summed E-state index contributed by atoms with van der Waals surface area (Å²) in [6, 6.07) is 7.77. The zero-order valence-corrected chi connectivity index (χ0v) is 16.3. The predicted octanol–water partition coefficient (Wildman–Crippen LogP) is 1.98. The first-order valence-corrected chi connectivity index (χ1v) is 10.4. The van der Waals surface area contributed by atoms with E-state index < -0.39 is 32.3 Å². The molecule has 0 bridgehead atoms. The SMILES string of the molecule is CCc1ccc([C@H]2[C@@H](S(C)(=O)=O)[C@@]2(CN)NC(=O)OC(C)(C)C)cc1. The van der Waals surface area contributed by atoms with E-state index in [2.05, 4.69) is 12.2 Å². The highest BCUT2D eigenvalue weighted by atomic mass is 32.2. The van der Waals surface area contributed by atoms with Crippen molar-refractivity contribution in [1.29, 1.82) is 0 Å². The Morgan fingerprint density at radius 1 is 1.28 bits per heavy atom. The zero-order valence-electron chi connectivity index (χ0n) is 15.5. The standard InChI is InChI=1S/C18H28N2O4S/c1-6-12-7-9-13(10-8-12)14-15(25(5,22)23)18(14,11-19)20-16(21)24-17(2,3)4/h7-10,14-15H,6,11,19H2,1-5H3,(H,20,21)/t14-,15+,18-/m0/s1. The number of benzene rings is 1. The molecule has 3 N–H and O–H groups in total. The fourth-order valence-electron chi connectivity index (χ4n) is 3.40. The molecular formula is C18H28N2O4S. The van der Waals surface area contributed by atoms with Gasteiger partial charge in [-0.2, -0.15) is 0 Å². The summed E-state index contributed by atoms with van der Waals surface area (Å²) in [6.07, 6.45) is 1.43. The molecule has 0 heterocycles. The summed E-state index contributed by atoms with van der Waals surface area (Å²) < 4.78 is 29.9. The first kappa shape index (κ1) is 19.7. The van der Waals surface area contributed by atoms with Gasteiger partial charge in [0.1, 0.15) is 5.60 Å². The van der Waals surface area contributed by atoms with Gasteiger partial charge in [0, 0.05) is 18.7 Å². The molecule has 0 spiro atoms. The van der Waals surface area contributed by atoms with Crippen LogP contribution in [0.1, 0.15) is 44.7 Å². The van der Waals surface area contributed by atoms with Gasteiger partial charge in [0.25, 0.3) is 0 Å². The number of carbonyl (C=O) groups is 1. The molecule has 2 rings (SSSR count). The summed E-state index contributed by atoms with van der Waals surface area (Å²) >= 11 is 0. The van der Waals surface area contributed by atoms with E-state index >= 15 is 0 Å². The second-order valence-electron chi connectivity index (χ2n) is 7.69. The molecule has 1 amide bonds. The van der Waals surface area contributed by atoms with Crippen molar-refractivity contribution in [2.75, 3.05) is 12.8 Å². The Morgan fingerprint density at radius 2 is 1.84 bits per heavy atom. The van der Waals surface area contributed by atoms with E-state index in [0.29, 0.717) is 0 Å². The van der Waals surface area contributed by atoms with Crippen LogP contribution in [0, 0.1) is 0 Å². The molecule has 1 aliphatic rings. The van der Waals surface area contributed by atoms with Crippen molar-refractivity contribution in [3.05, 3.63) is 35.4 Å². The van der Waals surface area contributed by atoms with Crippen LogP contribution in [0.3, 0.4) is 0 Å². The van der Waals surface area contributed by atoms with Gasteiger partial charge in [-0.3, -0.25) is 0 Å². The summed E-state index contributed by atoms with van der Waals surface area (Å²) in [7, 11) is -3.40. The first-order chi connectivity index (χ1) is 11.4. The van der Waals surface area contributed by atoms with Gasteiger partial charge >= 0.3 is 6.09 Å². The lowest BCUT2D eigenvalue weighted by molar-refractivity contribution is 0.0497. The molecule has 0 unspecified atom stereocenters. The molecule has 1 aliphatic carbocycles. The average molecular weight is 368 g/mol. The van der Waals surface area contributed by atoms with Crippen molar-refractivity contribution in [2.24, 2.45) is 5.73 Å². The smallest absolute Gasteiger partial charge is 0.408 e. The van der Waals surface area contributed by atoms with Crippen LogP contribution in [0.15, 0.2) is 24.3 Å². The fraction of sp³-hybridized carbons (Fsp3) is 0.611. The van der Waals surface area contributed by atoms with Crippen molar-refractivity contribution in [1.82, 2.24) is 5.32 Å². The molecule has 7 heteroatoms. The van der Waals surface area contributed by atoms with E-state index in [-0.39, 0.29) is 12.5 Å². The Hall–Kier alpha value is -1.60. The van der Waals surface area contributed by atoms with Gasteiger partial charge < -0.3 is 15.8 Å². The van der Waals surface area contributed by atoms with Crippen LogP contribution in [-0.4, -0.2) is 43.7 Å². The van der Waals surface area contributed by atoms with E-state index in [1.165, 1.54) is 11.8 Å². The third-order valence-electron chi connectivity index (χ3n) is 4.54. The number of amides is 1. The molecule has 0 saturated heterocycles. The summed E-state index contributed by atoms with van der Waals surface area (Å²) in [5.74, 6) is -0.383. The number of nitrogens with one attached hydrogen (secondary N) is 1. The van der Waals surface area contributed by atoms with Crippen LogP contribution in [0.5, 0.6) is 0 Å². The molecule has 6 nitrogen and oxygen atoms in total. The Bertz CT molecular complexity index is 737. The maximum absolute atomic E-state index is 12.3. The Labute approximate surface area is 150 Å². The summed E-state index contributed by atoms with van der Waals surface area (Å²) in [5.41, 5.74) is 6.23. The number of nitrogens with two attached hydrogens (primary N) is 1. The van der Waals surface area contributed by atoms with E-state index in [1.54, 1.807) is 20.8 Å². The normalized spacial score (nSPS) is 26.2. The Morgan fingerprint density at radius 3 is 2.24 bits per heavy atom. The van der Waals surface area contributed by atoms with Gasteiger partial charge in [-0.25, -0.2) is 13.2 Å². The van der Waals surface area contributed by atoms with Crippen molar-refractivity contribution >= 4 is 15.9 Å². The number of hydrogen-bond acceptors (Lipinski definition) is 5. The van der Waals surface area contributed by atoms with Gasteiger partial charge in [-0.15, -0.1) is 0 Å². The predicted molar refractivity (Wildman–Crippen MR) is 98.3 cm³/mol. The van der Waals surface area contributed by atoms with Crippen molar-refractivity contribution in [3.63, 3.8) is 0 Å². The molecule has 0 radical (unpaired) electrons. The van der Waals surface area contributed by atoms with Crippen LogP contribution in [0.25, 0.3) is 0 Å². The van der Waals surface area contributed by atoms with Gasteiger partial charge in [0.15, 0.2) is 9.84 Å². The maximum atomic E-state index is 12.3. The van der Waals surface area contributed by atoms with Gasteiger partial charge in [-0.05, 0) is 38.3 Å². The minimum absolute atomic E-state index is 0.0180. The molecular weight excluding hydrogens is 340 g/mol. The number of aryl methyl sites for hydroxylation is 1. The van der Waals surface area contributed by atoms with Crippen molar-refractivity contribution in [3.8, 4) is 0 Å². The average Bonchev–Trinajstić information content (AvgIpc) is 3.14. The zero-order chi connectivity index (χ0) is 19.0. The summed E-state index contributed by atoms with van der Waals surface area (Å²) in [4.78, 5) is 12.2. The Kier molecular flexibility index (Phi) is 5.21. The van der Waals surface area contributed by atoms with Crippen molar-refractivity contribution < 1.29 is 17.9 Å². The minimum atomic E-state index is -3.40. The quantitative estimate of drug-likeness (QED) is 0.828. The fourth-order valence-corrected chi connectivity index (χ4v) is 5.29. The number of carbonyl (C=O) groups excluding carboxylic acids is 1.